The maximum absolute atomic E-state index is 13.0. The van der Waals surface area contributed by atoms with E-state index in [9.17, 15) is 9.90 Å². The molecule has 0 spiro atoms. The van der Waals surface area contributed by atoms with E-state index in [0.29, 0.717) is 37.2 Å². The van der Waals surface area contributed by atoms with Crippen LogP contribution in [-0.4, -0.2) is 44.0 Å². The molecule has 1 fully saturated rings. The number of benzene rings is 1. The van der Waals surface area contributed by atoms with Gasteiger partial charge in [0.1, 0.15) is 5.60 Å². The summed E-state index contributed by atoms with van der Waals surface area (Å²) < 4.78 is 0. The molecule has 6 nitrogen and oxygen atoms in total. The zero-order valence-electron chi connectivity index (χ0n) is 16.4. The van der Waals surface area contributed by atoms with Crippen molar-refractivity contribution in [2.75, 3.05) is 13.1 Å². The van der Waals surface area contributed by atoms with Crippen LogP contribution in [0.15, 0.2) is 36.5 Å². The number of piperidine rings is 1. The first-order valence-corrected chi connectivity index (χ1v) is 9.55. The van der Waals surface area contributed by atoms with Crippen LogP contribution in [0.3, 0.4) is 0 Å². The Bertz CT molecular complexity index is 1040. The number of hydrogen-bond acceptors (Lipinski definition) is 5. The molecule has 2 aromatic heterocycles. The van der Waals surface area contributed by atoms with Crippen molar-refractivity contribution in [3.8, 4) is 0 Å². The smallest absolute Gasteiger partial charge is 0.253 e. The van der Waals surface area contributed by atoms with Crippen LogP contribution in [0.1, 0.15) is 45.8 Å². The van der Waals surface area contributed by atoms with Gasteiger partial charge in [-0.3, -0.25) is 9.78 Å². The van der Waals surface area contributed by atoms with Crippen LogP contribution in [0, 0.1) is 20.8 Å². The summed E-state index contributed by atoms with van der Waals surface area (Å²) in [4.78, 5) is 28.2. The predicted octanol–water partition coefficient (Wildman–Crippen LogP) is 3.07. The fourth-order valence-corrected chi connectivity index (χ4v) is 3.63. The van der Waals surface area contributed by atoms with Gasteiger partial charge in [-0.2, -0.15) is 0 Å². The van der Waals surface area contributed by atoms with Crippen molar-refractivity contribution in [1.82, 2.24) is 19.9 Å². The number of aliphatic hydroxyl groups is 1. The molecule has 1 amide bonds. The molecule has 1 N–H and O–H groups in total. The summed E-state index contributed by atoms with van der Waals surface area (Å²) in [6, 6.07) is 9.28. The second-order valence-electron chi connectivity index (χ2n) is 7.64. The Kier molecular flexibility index (Phi) is 4.59. The number of aromatic nitrogens is 3. The van der Waals surface area contributed by atoms with Crippen molar-refractivity contribution in [3.63, 3.8) is 0 Å². The highest BCUT2D eigenvalue weighted by Crippen LogP contribution is 2.32. The van der Waals surface area contributed by atoms with E-state index in [2.05, 4.69) is 15.0 Å². The van der Waals surface area contributed by atoms with E-state index in [-0.39, 0.29) is 5.91 Å². The van der Waals surface area contributed by atoms with E-state index in [1.807, 2.05) is 39.0 Å². The van der Waals surface area contributed by atoms with Gasteiger partial charge >= 0.3 is 0 Å². The van der Waals surface area contributed by atoms with Crippen LogP contribution in [0.5, 0.6) is 0 Å². The molecule has 0 saturated carbocycles. The van der Waals surface area contributed by atoms with Gasteiger partial charge in [-0.25, -0.2) is 9.97 Å². The van der Waals surface area contributed by atoms with Crippen LogP contribution in [0.2, 0.25) is 0 Å². The third-order valence-electron chi connectivity index (χ3n) is 5.59. The maximum Gasteiger partial charge on any atom is 0.253 e. The topological polar surface area (TPSA) is 79.2 Å². The van der Waals surface area contributed by atoms with Crippen LogP contribution in [0.25, 0.3) is 11.0 Å². The number of hydrogen-bond donors (Lipinski definition) is 1. The van der Waals surface area contributed by atoms with E-state index in [1.54, 1.807) is 23.2 Å². The Morgan fingerprint density at radius 3 is 2.32 bits per heavy atom. The zero-order valence-corrected chi connectivity index (χ0v) is 16.4. The molecule has 0 unspecified atom stereocenters. The molecule has 144 valence electrons. The molecule has 0 radical (unpaired) electrons. The van der Waals surface area contributed by atoms with Gasteiger partial charge in [-0.1, -0.05) is 6.07 Å². The monoisotopic (exact) mass is 376 g/mol. The molecule has 28 heavy (non-hydrogen) atoms. The molecule has 1 saturated heterocycles. The summed E-state index contributed by atoms with van der Waals surface area (Å²) in [6.07, 6.45) is 2.71. The first kappa shape index (κ1) is 18.5. The number of aryl methyl sites for hydroxylation is 3. The minimum atomic E-state index is -0.978. The molecule has 3 aromatic rings. The number of nitrogens with zero attached hydrogens (tertiary/aromatic N) is 4. The Labute approximate surface area is 164 Å². The standard InChI is InChI=1S/C22H24N4O2/c1-14-4-7-20(23-13-14)22(28)8-10-26(11-9-22)21(27)17-5-6-18-19(12-17)25-16(3)15(2)24-18/h4-7,12-13,28H,8-11H2,1-3H3. The molecule has 6 heteroatoms. The van der Waals surface area contributed by atoms with Crippen molar-refractivity contribution in [2.24, 2.45) is 0 Å². The summed E-state index contributed by atoms with van der Waals surface area (Å²) in [6.45, 7) is 6.79. The lowest BCUT2D eigenvalue weighted by molar-refractivity contribution is -0.0244. The van der Waals surface area contributed by atoms with Gasteiger partial charge in [0.2, 0.25) is 0 Å². The van der Waals surface area contributed by atoms with Gasteiger partial charge < -0.3 is 10.0 Å². The summed E-state index contributed by atoms with van der Waals surface area (Å²) >= 11 is 0. The maximum atomic E-state index is 13.0. The summed E-state index contributed by atoms with van der Waals surface area (Å²) in [5.74, 6) is -0.0409. The number of likely N-dealkylation sites (tertiary alicyclic amines) is 1. The largest absolute Gasteiger partial charge is 0.383 e. The lowest BCUT2D eigenvalue weighted by Gasteiger charge is -2.37. The normalized spacial score (nSPS) is 16.4. The molecule has 4 rings (SSSR count). The van der Waals surface area contributed by atoms with Crippen molar-refractivity contribution < 1.29 is 9.90 Å². The molecule has 1 aromatic carbocycles. The Hall–Kier alpha value is -2.86. The SMILES string of the molecule is Cc1ccc(C2(O)CCN(C(=O)c3ccc4nc(C)c(C)nc4c3)CC2)nc1. The highest BCUT2D eigenvalue weighted by Gasteiger charge is 2.36. The fourth-order valence-electron chi connectivity index (χ4n) is 3.63. The van der Waals surface area contributed by atoms with Crippen molar-refractivity contribution in [1.29, 1.82) is 0 Å². The first-order valence-electron chi connectivity index (χ1n) is 9.55. The Balaban J connectivity index is 1.51. The second kappa shape index (κ2) is 6.95. The van der Waals surface area contributed by atoms with E-state index < -0.39 is 5.60 Å². The quantitative estimate of drug-likeness (QED) is 0.744. The van der Waals surface area contributed by atoms with E-state index in [4.69, 9.17) is 0 Å². The second-order valence-corrected chi connectivity index (χ2v) is 7.64. The van der Waals surface area contributed by atoms with Crippen LogP contribution in [-0.2, 0) is 5.60 Å². The number of carbonyl (C=O) groups excluding carboxylic acids is 1. The molecule has 1 aliphatic heterocycles. The van der Waals surface area contributed by atoms with Crippen LogP contribution in [0.4, 0.5) is 0 Å². The number of pyridine rings is 1. The van der Waals surface area contributed by atoms with Gasteiger partial charge in [-0.05, 0) is 63.4 Å². The molecular formula is C22H24N4O2. The van der Waals surface area contributed by atoms with Gasteiger partial charge in [-0.15, -0.1) is 0 Å². The average Bonchev–Trinajstić information content (AvgIpc) is 2.69. The van der Waals surface area contributed by atoms with Crippen molar-refractivity contribution in [3.05, 3.63) is 64.7 Å². The zero-order chi connectivity index (χ0) is 19.9. The highest BCUT2D eigenvalue weighted by atomic mass is 16.3. The molecule has 3 heterocycles. The van der Waals surface area contributed by atoms with E-state index in [1.165, 1.54) is 0 Å². The number of rotatable bonds is 2. The molecule has 0 aliphatic carbocycles. The van der Waals surface area contributed by atoms with E-state index >= 15 is 0 Å². The van der Waals surface area contributed by atoms with Gasteiger partial charge in [0, 0.05) is 24.8 Å². The lowest BCUT2D eigenvalue weighted by Crippen LogP contribution is -2.45. The molecule has 0 bridgehead atoms. The van der Waals surface area contributed by atoms with Crippen molar-refractivity contribution in [2.45, 2.75) is 39.2 Å². The Morgan fingerprint density at radius 1 is 1.00 bits per heavy atom. The van der Waals surface area contributed by atoms with Gasteiger partial charge in [0.05, 0.1) is 28.1 Å². The first-order chi connectivity index (χ1) is 13.4. The third kappa shape index (κ3) is 3.36. The Morgan fingerprint density at radius 2 is 1.68 bits per heavy atom. The molecular weight excluding hydrogens is 352 g/mol. The van der Waals surface area contributed by atoms with Gasteiger partial charge in [0.25, 0.3) is 5.91 Å². The average molecular weight is 376 g/mol. The summed E-state index contributed by atoms with van der Waals surface area (Å²) in [5, 5.41) is 11.0. The molecule has 0 atom stereocenters. The van der Waals surface area contributed by atoms with Crippen molar-refractivity contribution >= 4 is 16.9 Å². The summed E-state index contributed by atoms with van der Waals surface area (Å²) in [7, 11) is 0. The lowest BCUT2D eigenvalue weighted by atomic mass is 9.87. The summed E-state index contributed by atoms with van der Waals surface area (Å²) in [5.41, 5.74) is 4.64. The number of carbonyl (C=O) groups is 1. The number of amides is 1. The van der Waals surface area contributed by atoms with Gasteiger partial charge in [0.15, 0.2) is 0 Å². The minimum absolute atomic E-state index is 0.0409. The highest BCUT2D eigenvalue weighted by molar-refractivity contribution is 5.97. The molecule has 1 aliphatic rings. The van der Waals surface area contributed by atoms with E-state index in [0.717, 1.165) is 28.0 Å². The fraction of sp³-hybridized carbons (Fsp3) is 0.364. The predicted molar refractivity (Wildman–Crippen MR) is 107 cm³/mol. The minimum Gasteiger partial charge on any atom is -0.383 e. The van der Waals surface area contributed by atoms with Crippen LogP contribution < -0.4 is 0 Å². The third-order valence-corrected chi connectivity index (χ3v) is 5.59. The number of fused-ring (bicyclic) bond motifs is 1. The van der Waals surface area contributed by atoms with Crippen LogP contribution >= 0.6 is 0 Å².